The van der Waals surface area contributed by atoms with Gasteiger partial charge in [0.05, 0.1) is 14.2 Å². The standard InChI is InChI=1S/C20H19BrO5/c1-25-19(23)18(20(24)26-2)15(14-10-6-7-11-16(14)21)12-17(22)13-8-4-3-5-9-13/h3-11,15,18H,12H2,1-2H3/t15-/m1/s1. The Hall–Kier alpha value is -2.47. The summed E-state index contributed by atoms with van der Waals surface area (Å²) in [5, 5.41) is 0. The Labute approximate surface area is 160 Å². The van der Waals surface area contributed by atoms with Crippen molar-refractivity contribution in [2.45, 2.75) is 12.3 Å². The van der Waals surface area contributed by atoms with Gasteiger partial charge in [0.1, 0.15) is 0 Å². The maximum Gasteiger partial charge on any atom is 0.320 e. The van der Waals surface area contributed by atoms with E-state index in [9.17, 15) is 14.4 Å². The Morgan fingerprint density at radius 2 is 1.42 bits per heavy atom. The van der Waals surface area contributed by atoms with Gasteiger partial charge in [0.25, 0.3) is 0 Å². The van der Waals surface area contributed by atoms with E-state index in [1.807, 2.05) is 12.1 Å². The predicted octanol–water partition coefficient (Wildman–Crippen LogP) is 3.77. The van der Waals surface area contributed by atoms with Gasteiger partial charge in [0, 0.05) is 22.4 Å². The van der Waals surface area contributed by atoms with Crippen LogP contribution in [-0.4, -0.2) is 31.9 Å². The Morgan fingerprint density at radius 1 is 0.885 bits per heavy atom. The first kappa shape index (κ1) is 19.8. The zero-order valence-corrected chi connectivity index (χ0v) is 16.1. The van der Waals surface area contributed by atoms with Crippen LogP contribution in [0.5, 0.6) is 0 Å². The second-order valence-corrected chi connectivity index (χ2v) is 6.50. The average molecular weight is 419 g/mol. The van der Waals surface area contributed by atoms with E-state index >= 15 is 0 Å². The highest BCUT2D eigenvalue weighted by molar-refractivity contribution is 9.10. The average Bonchev–Trinajstić information content (AvgIpc) is 2.68. The quantitative estimate of drug-likeness (QED) is 0.388. The third-order valence-corrected chi connectivity index (χ3v) is 4.84. The Balaban J connectivity index is 2.47. The number of hydrogen-bond acceptors (Lipinski definition) is 5. The van der Waals surface area contributed by atoms with E-state index < -0.39 is 23.8 Å². The van der Waals surface area contributed by atoms with Crippen molar-refractivity contribution >= 4 is 33.7 Å². The molecular weight excluding hydrogens is 400 g/mol. The highest BCUT2D eigenvalue weighted by atomic mass is 79.9. The van der Waals surface area contributed by atoms with Gasteiger partial charge in [-0.1, -0.05) is 64.5 Å². The van der Waals surface area contributed by atoms with Gasteiger partial charge < -0.3 is 9.47 Å². The number of halogens is 1. The van der Waals surface area contributed by atoms with Gasteiger partial charge in [-0.25, -0.2) is 0 Å². The molecule has 2 aromatic rings. The summed E-state index contributed by atoms with van der Waals surface area (Å²) in [4.78, 5) is 37.4. The number of benzene rings is 2. The van der Waals surface area contributed by atoms with Crippen LogP contribution in [0.2, 0.25) is 0 Å². The molecule has 0 spiro atoms. The zero-order chi connectivity index (χ0) is 19.1. The molecule has 0 heterocycles. The topological polar surface area (TPSA) is 69.7 Å². The summed E-state index contributed by atoms with van der Waals surface area (Å²) in [6.07, 6.45) is -0.0402. The van der Waals surface area contributed by atoms with Gasteiger partial charge in [0.15, 0.2) is 11.7 Å². The summed E-state index contributed by atoms with van der Waals surface area (Å²) < 4.78 is 10.3. The van der Waals surface area contributed by atoms with E-state index in [4.69, 9.17) is 9.47 Å². The normalized spacial score (nSPS) is 11.7. The summed E-state index contributed by atoms with van der Waals surface area (Å²) >= 11 is 3.44. The van der Waals surface area contributed by atoms with Gasteiger partial charge in [-0.05, 0) is 11.6 Å². The maximum atomic E-state index is 12.7. The third-order valence-electron chi connectivity index (χ3n) is 4.12. The summed E-state index contributed by atoms with van der Waals surface area (Å²) in [7, 11) is 2.41. The van der Waals surface area contributed by atoms with E-state index in [0.717, 1.165) is 0 Å². The molecule has 0 aliphatic rings. The first-order valence-corrected chi connectivity index (χ1v) is 8.77. The van der Waals surface area contributed by atoms with Gasteiger partial charge in [-0.2, -0.15) is 0 Å². The molecule has 0 amide bonds. The lowest BCUT2D eigenvalue weighted by Gasteiger charge is -2.24. The molecule has 0 aliphatic carbocycles. The van der Waals surface area contributed by atoms with Crippen LogP contribution in [0.4, 0.5) is 0 Å². The van der Waals surface area contributed by atoms with Crippen molar-refractivity contribution in [1.82, 2.24) is 0 Å². The SMILES string of the molecule is COC(=O)C(C(=O)OC)[C@H](CC(=O)c1ccccc1)c1ccccc1Br. The largest absolute Gasteiger partial charge is 0.468 e. The summed E-state index contributed by atoms with van der Waals surface area (Å²) in [5.41, 5.74) is 1.18. The molecule has 0 saturated heterocycles. The lowest BCUT2D eigenvalue weighted by molar-refractivity contribution is -0.159. The third kappa shape index (κ3) is 4.58. The van der Waals surface area contributed by atoms with Crippen LogP contribution in [0.15, 0.2) is 59.1 Å². The molecule has 6 heteroatoms. The van der Waals surface area contributed by atoms with Gasteiger partial charge >= 0.3 is 11.9 Å². The highest BCUT2D eigenvalue weighted by Gasteiger charge is 2.39. The smallest absolute Gasteiger partial charge is 0.320 e. The van der Waals surface area contributed by atoms with E-state index in [2.05, 4.69) is 15.9 Å². The van der Waals surface area contributed by atoms with E-state index in [0.29, 0.717) is 15.6 Å². The molecule has 2 rings (SSSR count). The van der Waals surface area contributed by atoms with E-state index in [1.165, 1.54) is 14.2 Å². The van der Waals surface area contributed by atoms with Gasteiger partial charge in [0.2, 0.25) is 0 Å². The molecule has 0 N–H and O–H groups in total. The number of ketones is 1. The number of ether oxygens (including phenoxy) is 2. The van der Waals surface area contributed by atoms with Crippen LogP contribution in [0, 0.1) is 5.92 Å². The molecule has 0 unspecified atom stereocenters. The number of Topliss-reactive ketones (excluding diaryl/α,β-unsaturated/α-hetero) is 1. The molecule has 0 aromatic heterocycles. The van der Waals surface area contributed by atoms with Crippen LogP contribution in [0.1, 0.15) is 28.3 Å². The minimum Gasteiger partial charge on any atom is -0.468 e. The first-order chi connectivity index (χ1) is 12.5. The van der Waals surface area contributed by atoms with Gasteiger partial charge in [-0.3, -0.25) is 14.4 Å². The molecule has 0 saturated carbocycles. The number of carbonyl (C=O) groups is 3. The Morgan fingerprint density at radius 3 is 1.96 bits per heavy atom. The van der Waals surface area contributed by atoms with E-state index in [1.54, 1.807) is 42.5 Å². The fourth-order valence-corrected chi connectivity index (χ4v) is 3.38. The molecule has 1 atom stereocenters. The number of esters is 2. The van der Waals surface area contributed by atoms with Crippen molar-refractivity contribution in [3.05, 3.63) is 70.2 Å². The number of hydrogen-bond donors (Lipinski definition) is 0. The second-order valence-electron chi connectivity index (χ2n) is 5.65. The predicted molar refractivity (Wildman–Crippen MR) is 99.8 cm³/mol. The second kappa shape index (κ2) is 9.29. The monoisotopic (exact) mass is 418 g/mol. The van der Waals surface area contributed by atoms with Crippen molar-refractivity contribution < 1.29 is 23.9 Å². The Kier molecular flexibility index (Phi) is 7.09. The molecular formula is C20H19BrO5. The molecule has 26 heavy (non-hydrogen) atoms. The van der Waals surface area contributed by atoms with Crippen molar-refractivity contribution in [2.75, 3.05) is 14.2 Å². The first-order valence-electron chi connectivity index (χ1n) is 7.98. The molecule has 0 radical (unpaired) electrons. The zero-order valence-electron chi connectivity index (χ0n) is 14.5. The summed E-state index contributed by atoms with van der Waals surface area (Å²) in [6, 6.07) is 15.9. The van der Waals surface area contributed by atoms with Gasteiger partial charge in [-0.15, -0.1) is 0 Å². The van der Waals surface area contributed by atoms with Crippen molar-refractivity contribution in [3.63, 3.8) is 0 Å². The summed E-state index contributed by atoms with van der Waals surface area (Å²) in [5.74, 6) is -3.62. The minimum atomic E-state index is -1.24. The van der Waals surface area contributed by atoms with E-state index in [-0.39, 0.29) is 12.2 Å². The fourth-order valence-electron chi connectivity index (χ4n) is 2.80. The maximum absolute atomic E-state index is 12.7. The fraction of sp³-hybridized carbons (Fsp3) is 0.250. The lowest BCUT2D eigenvalue weighted by Crippen LogP contribution is -2.33. The molecule has 0 bridgehead atoms. The summed E-state index contributed by atoms with van der Waals surface area (Å²) in [6.45, 7) is 0. The molecule has 5 nitrogen and oxygen atoms in total. The van der Waals surface area contributed by atoms with Crippen LogP contribution in [0.25, 0.3) is 0 Å². The minimum absolute atomic E-state index is 0.0402. The van der Waals surface area contributed by atoms with Crippen molar-refractivity contribution in [1.29, 1.82) is 0 Å². The van der Waals surface area contributed by atoms with Crippen LogP contribution in [-0.2, 0) is 19.1 Å². The number of rotatable bonds is 7. The molecule has 0 fully saturated rings. The van der Waals surface area contributed by atoms with Crippen LogP contribution < -0.4 is 0 Å². The van der Waals surface area contributed by atoms with Crippen LogP contribution in [0.3, 0.4) is 0 Å². The van der Waals surface area contributed by atoms with Crippen LogP contribution >= 0.6 is 15.9 Å². The lowest BCUT2D eigenvalue weighted by atomic mass is 9.81. The molecule has 136 valence electrons. The van der Waals surface area contributed by atoms with Crippen molar-refractivity contribution in [3.8, 4) is 0 Å². The van der Waals surface area contributed by atoms with Crippen molar-refractivity contribution in [2.24, 2.45) is 5.92 Å². The highest BCUT2D eigenvalue weighted by Crippen LogP contribution is 2.35. The number of carbonyl (C=O) groups excluding carboxylic acids is 3. The molecule has 2 aromatic carbocycles. The molecule has 0 aliphatic heterocycles. The number of methoxy groups -OCH3 is 2. The Bertz CT molecular complexity index is 772.